The molecular weight excluding hydrogens is 244 g/mol. The average molecular weight is 254 g/mol. The van der Waals surface area contributed by atoms with Crippen LogP contribution in [0.3, 0.4) is 0 Å². The van der Waals surface area contributed by atoms with E-state index in [2.05, 4.69) is 22.2 Å². The summed E-state index contributed by atoms with van der Waals surface area (Å²) in [6.07, 6.45) is 0.989. The highest BCUT2D eigenvalue weighted by molar-refractivity contribution is 7.90. The molecule has 0 spiro atoms. The lowest BCUT2D eigenvalue weighted by Gasteiger charge is -2.01. The van der Waals surface area contributed by atoms with Crippen LogP contribution in [-0.2, 0) is 9.84 Å². The maximum Gasteiger partial charge on any atom is 0.389 e. The summed E-state index contributed by atoms with van der Waals surface area (Å²) in [6.45, 7) is 1.71. The number of hydrogen-bond donors (Lipinski definition) is 2. The van der Waals surface area contributed by atoms with Crippen molar-refractivity contribution in [2.45, 2.75) is 11.8 Å². The van der Waals surface area contributed by atoms with Crippen LogP contribution in [0.1, 0.15) is 16.7 Å². The van der Waals surface area contributed by atoms with Crippen molar-refractivity contribution in [3.63, 3.8) is 0 Å². The number of benzene rings is 1. The number of rotatable bonds is 1. The zero-order valence-electron chi connectivity index (χ0n) is 9.17. The zero-order valence-corrected chi connectivity index (χ0v) is 9.98. The first kappa shape index (κ1) is 12.8. The van der Waals surface area contributed by atoms with E-state index in [0.29, 0.717) is 5.56 Å². The standard InChI is InChI=1S/C10H8N2O4S/c1-7-3-8(5-11-13)10(17(2,15)16)9(4-7)6-12-14/h3-4H,1-2H3/p+2. The van der Waals surface area contributed by atoms with Gasteiger partial charge in [0.1, 0.15) is 16.0 Å². The van der Waals surface area contributed by atoms with Crippen molar-refractivity contribution in [3.8, 4) is 12.1 Å². The molecule has 0 fully saturated rings. The highest BCUT2D eigenvalue weighted by Crippen LogP contribution is 2.22. The van der Waals surface area contributed by atoms with Crippen molar-refractivity contribution in [2.24, 2.45) is 0 Å². The topological polar surface area (TPSA) is 83.3 Å². The lowest BCUT2D eigenvalue weighted by molar-refractivity contribution is 0.464. The predicted octanol–water partition coefficient (Wildman–Crippen LogP) is 1.54. The van der Waals surface area contributed by atoms with Crippen LogP contribution in [0.5, 0.6) is 0 Å². The normalized spacial score (nSPS) is 9.76. The van der Waals surface area contributed by atoms with Gasteiger partial charge in [0.05, 0.1) is 0 Å². The van der Waals surface area contributed by atoms with Crippen molar-refractivity contribution in [1.29, 1.82) is 0 Å². The first-order chi connectivity index (χ1) is 7.90. The van der Waals surface area contributed by atoms with Gasteiger partial charge in [-0.05, 0) is 24.6 Å². The van der Waals surface area contributed by atoms with E-state index in [-0.39, 0.29) is 16.0 Å². The molecular formula is C10H10N2O4S+2. The fraction of sp³-hybridized carbons (Fsp3) is 0.200. The van der Waals surface area contributed by atoms with Crippen LogP contribution in [0.4, 0.5) is 0 Å². The second-order valence-corrected chi connectivity index (χ2v) is 5.34. The Bertz CT molecular complexity index is 631. The van der Waals surface area contributed by atoms with Gasteiger partial charge in [0.25, 0.3) is 0 Å². The molecule has 0 radical (unpaired) electrons. The Balaban J connectivity index is 3.80. The number of nitrogens with zero attached hydrogens (tertiary/aromatic N) is 2. The summed E-state index contributed by atoms with van der Waals surface area (Å²) in [6, 6.07) is 7.29. The molecule has 0 aliphatic heterocycles. The van der Waals surface area contributed by atoms with E-state index in [9.17, 15) is 8.42 Å². The van der Waals surface area contributed by atoms with Gasteiger partial charge < -0.3 is 0 Å². The molecule has 0 heterocycles. The zero-order chi connectivity index (χ0) is 13.1. The third kappa shape index (κ3) is 2.86. The summed E-state index contributed by atoms with van der Waals surface area (Å²) in [4.78, 5) is -0.154. The van der Waals surface area contributed by atoms with E-state index < -0.39 is 9.84 Å². The van der Waals surface area contributed by atoms with Crippen molar-refractivity contribution in [2.75, 3.05) is 6.26 Å². The van der Waals surface area contributed by atoms with Gasteiger partial charge in [0, 0.05) is 6.26 Å². The molecule has 0 bridgehead atoms. The van der Waals surface area contributed by atoms with Crippen LogP contribution in [0, 0.1) is 19.1 Å². The van der Waals surface area contributed by atoms with Gasteiger partial charge in [-0.3, -0.25) is 0 Å². The Morgan fingerprint density at radius 2 is 1.53 bits per heavy atom. The molecule has 6 nitrogen and oxygen atoms in total. The van der Waals surface area contributed by atoms with Crippen molar-refractivity contribution in [1.82, 2.24) is 0 Å². The van der Waals surface area contributed by atoms with Gasteiger partial charge in [-0.2, -0.15) is 10.4 Å². The van der Waals surface area contributed by atoms with Crippen LogP contribution in [0.15, 0.2) is 17.0 Å². The van der Waals surface area contributed by atoms with Gasteiger partial charge in [0.2, 0.25) is 10.0 Å². The lowest BCUT2D eigenvalue weighted by atomic mass is 10.1. The highest BCUT2D eigenvalue weighted by atomic mass is 32.2. The minimum Gasteiger partial charge on any atom is -0.224 e. The molecule has 1 aromatic carbocycles. The summed E-state index contributed by atoms with van der Waals surface area (Å²) < 4.78 is 23.2. The van der Waals surface area contributed by atoms with Crippen molar-refractivity contribution >= 4 is 9.84 Å². The molecule has 17 heavy (non-hydrogen) atoms. The summed E-state index contributed by atoms with van der Waals surface area (Å²) in [5, 5.41) is 22.3. The number of aryl methyl sites for hydroxylation is 1. The van der Waals surface area contributed by atoms with Crippen LogP contribution < -0.4 is 0 Å². The van der Waals surface area contributed by atoms with E-state index in [0.717, 1.165) is 6.26 Å². The maximum atomic E-state index is 11.6. The highest BCUT2D eigenvalue weighted by Gasteiger charge is 2.24. The van der Waals surface area contributed by atoms with Crippen LogP contribution in [0.25, 0.3) is 10.0 Å². The van der Waals surface area contributed by atoms with Gasteiger partial charge in [-0.15, -0.1) is 0 Å². The van der Waals surface area contributed by atoms with Crippen molar-refractivity contribution in [3.05, 3.63) is 38.8 Å². The predicted molar refractivity (Wildman–Crippen MR) is 60.6 cm³/mol. The first-order valence-corrected chi connectivity index (χ1v) is 6.34. The molecule has 0 aliphatic carbocycles. The molecule has 88 valence electrons. The molecule has 2 N–H and O–H groups in total. The molecule has 0 aromatic heterocycles. The first-order valence-electron chi connectivity index (χ1n) is 4.45. The van der Waals surface area contributed by atoms with Crippen LogP contribution in [0.2, 0.25) is 0 Å². The maximum absolute atomic E-state index is 11.6. The third-order valence-corrected chi connectivity index (χ3v) is 3.13. The lowest BCUT2D eigenvalue weighted by Crippen LogP contribution is -2.04. The second kappa shape index (κ2) is 4.73. The molecule has 1 aromatic rings. The molecule has 0 amide bonds. The fourth-order valence-electron chi connectivity index (χ4n) is 1.45. The minimum atomic E-state index is -3.59. The molecule has 0 aliphatic rings. The average Bonchev–Trinajstić information content (AvgIpc) is 2.15. The third-order valence-electron chi connectivity index (χ3n) is 1.94. The fourth-order valence-corrected chi connectivity index (χ4v) is 2.45. The van der Waals surface area contributed by atoms with Gasteiger partial charge >= 0.3 is 12.1 Å². The van der Waals surface area contributed by atoms with E-state index in [1.807, 2.05) is 0 Å². The Hall–Kier alpha value is -2.25. The van der Waals surface area contributed by atoms with E-state index in [4.69, 9.17) is 10.4 Å². The Kier molecular flexibility index (Phi) is 3.56. The van der Waals surface area contributed by atoms with Crippen LogP contribution in [-0.4, -0.2) is 25.1 Å². The monoisotopic (exact) mass is 254 g/mol. The smallest absolute Gasteiger partial charge is 0.224 e. The second-order valence-electron chi connectivity index (χ2n) is 3.38. The van der Waals surface area contributed by atoms with Crippen molar-refractivity contribution < 1.29 is 18.8 Å². The Labute approximate surface area is 98.2 Å². The van der Waals surface area contributed by atoms with E-state index in [1.165, 1.54) is 12.1 Å². The number of hydrogen-bond acceptors (Lipinski definition) is 4. The number of sulfone groups is 1. The molecule has 0 saturated carbocycles. The Morgan fingerprint density at radius 1 is 1.12 bits per heavy atom. The SMILES string of the molecule is Cc1cc(C#[N+]O)c(S(C)(=O)=O)c(C#[N+]O)c1. The molecule has 0 saturated heterocycles. The van der Waals surface area contributed by atoms with Gasteiger partial charge in [-0.25, -0.2) is 8.42 Å². The molecule has 7 heteroatoms. The molecule has 1 rings (SSSR count). The summed E-state index contributed by atoms with van der Waals surface area (Å²) in [5.74, 6) is 0. The van der Waals surface area contributed by atoms with Gasteiger partial charge in [-0.1, -0.05) is 0 Å². The minimum absolute atomic E-state index is 0.0844. The van der Waals surface area contributed by atoms with E-state index >= 15 is 0 Å². The largest absolute Gasteiger partial charge is 0.389 e. The summed E-state index contributed by atoms with van der Waals surface area (Å²) in [7, 11) is -3.59. The molecule has 0 unspecified atom stereocenters. The quantitative estimate of drug-likeness (QED) is 0.744. The summed E-state index contributed by atoms with van der Waals surface area (Å²) >= 11 is 0. The van der Waals surface area contributed by atoms with E-state index in [1.54, 1.807) is 6.92 Å². The van der Waals surface area contributed by atoms with Crippen LogP contribution >= 0.6 is 0 Å². The summed E-state index contributed by atoms with van der Waals surface area (Å²) in [5.41, 5.74) is 0.858. The van der Waals surface area contributed by atoms with Gasteiger partial charge in [0.15, 0.2) is 9.84 Å². The Morgan fingerprint density at radius 3 is 1.82 bits per heavy atom. The molecule has 0 atom stereocenters.